The van der Waals surface area contributed by atoms with Crippen LogP contribution < -0.4 is 0 Å². The minimum atomic E-state index is 0.105. The number of phenols is 1. The van der Waals surface area contributed by atoms with Crippen molar-refractivity contribution in [3.63, 3.8) is 0 Å². The first-order chi connectivity index (χ1) is 7.00. The van der Waals surface area contributed by atoms with Crippen LogP contribution in [0.3, 0.4) is 0 Å². The van der Waals surface area contributed by atoms with Gasteiger partial charge in [-0.3, -0.25) is 0 Å². The Hall–Kier alpha value is -1.48. The maximum Gasteiger partial charge on any atom is 0.126 e. The van der Waals surface area contributed by atoms with E-state index in [1.807, 2.05) is 25.9 Å². The quantitative estimate of drug-likeness (QED) is 0.746. The van der Waals surface area contributed by atoms with E-state index < -0.39 is 0 Å². The molecule has 0 aliphatic heterocycles. The molecule has 0 heterocycles. The lowest BCUT2D eigenvalue weighted by molar-refractivity contribution is 0.441. The van der Waals surface area contributed by atoms with Crippen molar-refractivity contribution in [2.75, 3.05) is 20.6 Å². The molecule has 0 bridgehead atoms. The SMILES string of the molecule is Cc1ccc(O)c(/C(O)=C/CN(C)C)c1. The molecule has 0 aromatic heterocycles. The Kier molecular flexibility index (Phi) is 3.74. The van der Waals surface area contributed by atoms with Crippen LogP contribution in [0.15, 0.2) is 24.3 Å². The molecule has 0 radical (unpaired) electrons. The van der Waals surface area contributed by atoms with E-state index in [9.17, 15) is 10.2 Å². The molecule has 0 aliphatic rings. The third-order valence-corrected chi connectivity index (χ3v) is 2.08. The van der Waals surface area contributed by atoms with E-state index in [0.29, 0.717) is 12.1 Å². The van der Waals surface area contributed by atoms with Gasteiger partial charge in [0.1, 0.15) is 11.5 Å². The summed E-state index contributed by atoms with van der Waals surface area (Å²) < 4.78 is 0. The molecule has 0 saturated carbocycles. The lowest BCUT2D eigenvalue weighted by Crippen LogP contribution is -2.11. The molecule has 1 rings (SSSR count). The minimum absolute atomic E-state index is 0.105. The van der Waals surface area contributed by atoms with E-state index in [4.69, 9.17) is 0 Å². The predicted molar refractivity (Wildman–Crippen MR) is 62.0 cm³/mol. The molecule has 0 atom stereocenters. The largest absolute Gasteiger partial charge is 0.507 e. The third-order valence-electron chi connectivity index (χ3n) is 2.08. The van der Waals surface area contributed by atoms with Gasteiger partial charge >= 0.3 is 0 Å². The third kappa shape index (κ3) is 3.29. The lowest BCUT2D eigenvalue weighted by atomic mass is 10.1. The molecule has 0 fully saturated rings. The highest BCUT2D eigenvalue weighted by Gasteiger charge is 2.05. The predicted octanol–water partition coefficient (Wildman–Crippen LogP) is 2.16. The number of phenolic OH excluding ortho intramolecular Hbond substituents is 1. The normalized spacial score (nSPS) is 12.1. The molecular formula is C12H17NO2. The second kappa shape index (κ2) is 4.84. The first-order valence-corrected chi connectivity index (χ1v) is 4.84. The van der Waals surface area contributed by atoms with Gasteiger partial charge in [-0.25, -0.2) is 0 Å². The van der Waals surface area contributed by atoms with Crippen LogP contribution in [0.4, 0.5) is 0 Å². The van der Waals surface area contributed by atoms with Crippen LogP contribution in [0.25, 0.3) is 5.76 Å². The zero-order valence-corrected chi connectivity index (χ0v) is 9.36. The number of aliphatic hydroxyl groups excluding tert-OH is 1. The van der Waals surface area contributed by atoms with Crippen molar-refractivity contribution in [1.82, 2.24) is 4.90 Å². The highest BCUT2D eigenvalue weighted by atomic mass is 16.3. The highest BCUT2D eigenvalue weighted by Crippen LogP contribution is 2.24. The molecule has 3 heteroatoms. The number of benzene rings is 1. The average molecular weight is 207 g/mol. The van der Waals surface area contributed by atoms with E-state index in [1.54, 1.807) is 24.3 Å². The van der Waals surface area contributed by atoms with Crippen molar-refractivity contribution in [1.29, 1.82) is 0 Å². The van der Waals surface area contributed by atoms with Gasteiger partial charge in [-0.1, -0.05) is 11.6 Å². The number of aryl methyl sites for hydroxylation is 1. The smallest absolute Gasteiger partial charge is 0.126 e. The molecule has 15 heavy (non-hydrogen) atoms. The highest BCUT2D eigenvalue weighted by molar-refractivity contribution is 5.65. The summed E-state index contributed by atoms with van der Waals surface area (Å²) in [7, 11) is 3.83. The molecule has 0 spiro atoms. The van der Waals surface area contributed by atoms with Gasteiger partial charge in [0.05, 0.1) is 5.56 Å². The van der Waals surface area contributed by atoms with Crippen molar-refractivity contribution in [3.05, 3.63) is 35.4 Å². The zero-order valence-electron chi connectivity index (χ0n) is 9.36. The molecular weight excluding hydrogens is 190 g/mol. The maximum atomic E-state index is 9.75. The summed E-state index contributed by atoms with van der Waals surface area (Å²) in [4.78, 5) is 1.93. The van der Waals surface area contributed by atoms with Crippen LogP contribution in [0, 0.1) is 6.92 Å². The van der Waals surface area contributed by atoms with Crippen LogP contribution in [0.1, 0.15) is 11.1 Å². The van der Waals surface area contributed by atoms with Crippen LogP contribution in [-0.4, -0.2) is 35.8 Å². The summed E-state index contributed by atoms with van der Waals surface area (Å²) in [5.41, 5.74) is 1.49. The van der Waals surface area contributed by atoms with Gasteiger partial charge in [-0.2, -0.15) is 0 Å². The summed E-state index contributed by atoms with van der Waals surface area (Å²) in [6.45, 7) is 2.56. The zero-order chi connectivity index (χ0) is 11.4. The molecule has 82 valence electrons. The molecule has 1 aromatic carbocycles. The van der Waals surface area contributed by atoms with Crippen LogP contribution in [-0.2, 0) is 0 Å². The van der Waals surface area contributed by atoms with Crippen LogP contribution in [0.2, 0.25) is 0 Å². The summed E-state index contributed by atoms with van der Waals surface area (Å²) in [5.74, 6) is 0.220. The van der Waals surface area contributed by atoms with Crippen molar-refractivity contribution in [2.45, 2.75) is 6.92 Å². The number of nitrogens with zero attached hydrogens (tertiary/aromatic N) is 1. The molecule has 0 aliphatic carbocycles. The van der Waals surface area contributed by atoms with Crippen molar-refractivity contribution in [3.8, 4) is 5.75 Å². The number of likely N-dealkylation sites (N-methyl/N-ethyl adjacent to an activating group) is 1. The molecule has 3 nitrogen and oxygen atoms in total. The number of rotatable bonds is 3. The fourth-order valence-corrected chi connectivity index (χ4v) is 1.23. The fourth-order valence-electron chi connectivity index (χ4n) is 1.23. The van der Waals surface area contributed by atoms with Gasteiger partial charge in [0, 0.05) is 6.54 Å². The molecule has 2 N–H and O–H groups in total. The van der Waals surface area contributed by atoms with E-state index in [1.165, 1.54) is 0 Å². The van der Waals surface area contributed by atoms with Crippen molar-refractivity contribution < 1.29 is 10.2 Å². The molecule has 1 aromatic rings. The fraction of sp³-hybridized carbons (Fsp3) is 0.333. The number of hydrogen-bond donors (Lipinski definition) is 2. The van der Waals surface area contributed by atoms with Crippen molar-refractivity contribution in [2.24, 2.45) is 0 Å². The minimum Gasteiger partial charge on any atom is -0.507 e. The first-order valence-electron chi connectivity index (χ1n) is 4.84. The van der Waals surface area contributed by atoms with E-state index >= 15 is 0 Å². The standard InChI is InChI=1S/C12H17NO2/c1-9-4-5-11(14)10(8-9)12(15)6-7-13(2)3/h4-6,8,14-15H,7H2,1-3H3/b12-6-. The lowest BCUT2D eigenvalue weighted by Gasteiger charge is -2.08. The Labute approximate surface area is 90.3 Å². The Morgan fingerprint density at radius 1 is 1.40 bits per heavy atom. The first kappa shape index (κ1) is 11.6. The summed E-state index contributed by atoms with van der Waals surface area (Å²) in [6, 6.07) is 5.15. The molecule has 0 saturated heterocycles. The Bertz CT molecular complexity index is 370. The summed E-state index contributed by atoms with van der Waals surface area (Å²) >= 11 is 0. The summed E-state index contributed by atoms with van der Waals surface area (Å²) in [5, 5.41) is 19.3. The van der Waals surface area contributed by atoms with Gasteiger partial charge in [0.15, 0.2) is 0 Å². The second-order valence-corrected chi connectivity index (χ2v) is 3.87. The van der Waals surface area contributed by atoms with Gasteiger partial charge in [0.25, 0.3) is 0 Å². The van der Waals surface area contributed by atoms with Gasteiger partial charge < -0.3 is 15.1 Å². The number of hydrogen-bond acceptors (Lipinski definition) is 3. The topological polar surface area (TPSA) is 43.7 Å². The average Bonchev–Trinajstić information content (AvgIpc) is 2.18. The Balaban J connectivity index is 2.94. The van der Waals surface area contributed by atoms with Crippen molar-refractivity contribution >= 4 is 5.76 Å². The Morgan fingerprint density at radius 3 is 2.67 bits per heavy atom. The molecule has 0 unspecified atom stereocenters. The van der Waals surface area contributed by atoms with E-state index in [2.05, 4.69) is 0 Å². The van der Waals surface area contributed by atoms with E-state index in [0.717, 1.165) is 5.56 Å². The van der Waals surface area contributed by atoms with E-state index in [-0.39, 0.29) is 11.5 Å². The van der Waals surface area contributed by atoms with Gasteiger partial charge in [-0.05, 0) is 39.2 Å². The van der Waals surface area contributed by atoms with Gasteiger partial charge in [0.2, 0.25) is 0 Å². The maximum absolute atomic E-state index is 9.75. The van der Waals surface area contributed by atoms with Gasteiger partial charge in [-0.15, -0.1) is 0 Å². The number of aliphatic hydroxyl groups is 1. The second-order valence-electron chi connectivity index (χ2n) is 3.87. The summed E-state index contributed by atoms with van der Waals surface area (Å²) in [6.07, 6.45) is 1.68. The Morgan fingerprint density at radius 2 is 2.07 bits per heavy atom. The molecule has 0 amide bonds. The monoisotopic (exact) mass is 207 g/mol. The number of aromatic hydroxyl groups is 1. The van der Waals surface area contributed by atoms with Crippen LogP contribution >= 0.6 is 0 Å². The van der Waals surface area contributed by atoms with Crippen LogP contribution in [0.5, 0.6) is 5.75 Å².